The quantitative estimate of drug-likeness (QED) is 0.592. The van der Waals surface area contributed by atoms with E-state index in [0.29, 0.717) is 12.8 Å². The molecule has 0 fully saturated rings. The van der Waals surface area contributed by atoms with Crippen molar-refractivity contribution in [2.24, 2.45) is 23.5 Å². The summed E-state index contributed by atoms with van der Waals surface area (Å²) in [5, 5.41) is 9.08. The third-order valence-electron chi connectivity index (χ3n) is 2.82. The van der Waals surface area contributed by atoms with Crippen molar-refractivity contribution in [2.75, 3.05) is 6.16 Å². The molecule has 0 aromatic carbocycles. The molecule has 108 valence electrons. The van der Waals surface area contributed by atoms with E-state index in [1.54, 1.807) is 0 Å². The molecule has 0 bridgehead atoms. The van der Waals surface area contributed by atoms with Crippen LogP contribution in [0.1, 0.15) is 40.5 Å². The monoisotopic (exact) mass is 279 g/mol. The molecule has 0 aromatic heterocycles. The fourth-order valence-corrected chi connectivity index (χ4v) is 3.88. The van der Waals surface area contributed by atoms with E-state index in [1.807, 2.05) is 27.7 Å². The molecule has 1 unspecified atom stereocenters. The van der Waals surface area contributed by atoms with E-state index >= 15 is 0 Å². The van der Waals surface area contributed by atoms with E-state index in [1.165, 1.54) is 0 Å². The minimum atomic E-state index is -3.61. The van der Waals surface area contributed by atoms with Gasteiger partial charge in [-0.3, -0.25) is 9.36 Å². The van der Waals surface area contributed by atoms with Gasteiger partial charge in [0.25, 0.3) is 0 Å². The number of carboxylic acid groups (broad SMARTS) is 1. The standard InChI is InChI=1S/C12H26NO4P/c1-8(2)5-10(12(14)15)7-18(16,17)11(13)6-9(3)4/h8-11H,5-7,13H2,1-4H3,(H,14,15)(H,16,17)/t10-,11+/m1/s1. The minimum absolute atomic E-state index is 0.174. The Kier molecular flexibility index (Phi) is 7.11. The molecule has 0 aliphatic rings. The summed E-state index contributed by atoms with van der Waals surface area (Å²) in [6.45, 7) is 7.63. The van der Waals surface area contributed by atoms with Gasteiger partial charge >= 0.3 is 5.97 Å². The highest BCUT2D eigenvalue weighted by atomic mass is 31.2. The second-order valence-electron chi connectivity index (χ2n) is 5.80. The van der Waals surface area contributed by atoms with Crippen molar-refractivity contribution in [1.82, 2.24) is 0 Å². The zero-order valence-corrected chi connectivity index (χ0v) is 12.6. The van der Waals surface area contributed by atoms with Gasteiger partial charge in [-0.1, -0.05) is 27.7 Å². The molecule has 0 rings (SSSR count). The summed E-state index contributed by atoms with van der Waals surface area (Å²) in [5.41, 5.74) is 5.73. The molecule has 0 radical (unpaired) electrons. The Morgan fingerprint density at radius 3 is 1.94 bits per heavy atom. The minimum Gasteiger partial charge on any atom is -0.481 e. The lowest BCUT2D eigenvalue weighted by Gasteiger charge is -2.24. The summed E-state index contributed by atoms with van der Waals surface area (Å²) < 4.78 is 12.1. The van der Waals surface area contributed by atoms with Crippen molar-refractivity contribution >= 4 is 13.3 Å². The Labute approximate surface area is 109 Å². The van der Waals surface area contributed by atoms with Gasteiger partial charge in [-0.25, -0.2) is 0 Å². The van der Waals surface area contributed by atoms with Crippen LogP contribution in [0.2, 0.25) is 0 Å². The molecule has 0 saturated heterocycles. The van der Waals surface area contributed by atoms with Crippen LogP contribution in [-0.4, -0.2) is 27.9 Å². The van der Waals surface area contributed by atoms with Crippen LogP contribution in [-0.2, 0) is 9.36 Å². The smallest absolute Gasteiger partial charge is 0.307 e. The van der Waals surface area contributed by atoms with E-state index in [9.17, 15) is 14.3 Å². The van der Waals surface area contributed by atoms with Crippen LogP contribution in [0.5, 0.6) is 0 Å². The predicted octanol–water partition coefficient (Wildman–Crippen LogP) is 2.33. The summed E-state index contributed by atoms with van der Waals surface area (Å²) in [5.74, 6) is -2.25. The summed E-state index contributed by atoms with van der Waals surface area (Å²) in [7, 11) is -3.61. The number of hydrogen-bond donors (Lipinski definition) is 3. The van der Waals surface area contributed by atoms with Gasteiger partial charge in [-0.2, -0.15) is 0 Å². The van der Waals surface area contributed by atoms with E-state index < -0.39 is 25.0 Å². The van der Waals surface area contributed by atoms with Gasteiger partial charge in [0.2, 0.25) is 7.37 Å². The van der Waals surface area contributed by atoms with Crippen molar-refractivity contribution in [3.63, 3.8) is 0 Å². The highest BCUT2D eigenvalue weighted by Gasteiger charge is 2.34. The highest BCUT2D eigenvalue weighted by molar-refractivity contribution is 7.58. The maximum Gasteiger partial charge on any atom is 0.307 e. The fourth-order valence-electron chi connectivity index (χ4n) is 1.92. The van der Waals surface area contributed by atoms with E-state index in [0.717, 1.165) is 0 Å². The van der Waals surface area contributed by atoms with Crippen molar-refractivity contribution in [3.8, 4) is 0 Å². The van der Waals surface area contributed by atoms with E-state index in [2.05, 4.69) is 0 Å². The molecule has 0 aromatic rings. The molecule has 18 heavy (non-hydrogen) atoms. The van der Waals surface area contributed by atoms with E-state index in [4.69, 9.17) is 10.8 Å². The fraction of sp³-hybridized carbons (Fsp3) is 0.917. The molecule has 0 saturated carbocycles. The molecule has 6 heteroatoms. The number of carboxylic acids is 1. The number of aliphatic carboxylic acids is 1. The van der Waals surface area contributed by atoms with Gasteiger partial charge in [0.05, 0.1) is 11.7 Å². The highest BCUT2D eigenvalue weighted by Crippen LogP contribution is 2.48. The first-order valence-electron chi connectivity index (χ1n) is 6.36. The summed E-state index contributed by atoms with van der Waals surface area (Å²) >= 11 is 0. The third-order valence-corrected chi connectivity index (χ3v) is 5.03. The summed E-state index contributed by atoms with van der Waals surface area (Å²) in [4.78, 5) is 21.0. The SMILES string of the molecule is CC(C)C[C@H](CP(=O)(O)[C@H](N)CC(C)C)C(=O)O. The van der Waals surface area contributed by atoms with Crippen LogP contribution < -0.4 is 5.73 Å². The largest absolute Gasteiger partial charge is 0.481 e. The average molecular weight is 279 g/mol. The molecule has 0 amide bonds. The summed E-state index contributed by atoms with van der Waals surface area (Å²) in [6.07, 6.45) is 0.602. The van der Waals surface area contributed by atoms with Crippen LogP contribution in [0.15, 0.2) is 0 Å². The Morgan fingerprint density at radius 2 is 1.61 bits per heavy atom. The average Bonchev–Trinajstić information content (AvgIpc) is 2.14. The zero-order valence-electron chi connectivity index (χ0n) is 11.7. The maximum atomic E-state index is 12.1. The van der Waals surface area contributed by atoms with Crippen LogP contribution in [0, 0.1) is 17.8 Å². The molecule has 0 heterocycles. The Balaban J connectivity index is 4.69. The van der Waals surface area contributed by atoms with Crippen LogP contribution in [0.4, 0.5) is 0 Å². The predicted molar refractivity (Wildman–Crippen MR) is 72.7 cm³/mol. The number of hydrogen-bond acceptors (Lipinski definition) is 3. The Bertz CT molecular complexity index is 317. The number of carbonyl (C=O) groups is 1. The molecule has 3 atom stereocenters. The van der Waals surface area contributed by atoms with E-state index in [-0.39, 0.29) is 18.0 Å². The Morgan fingerprint density at radius 1 is 1.17 bits per heavy atom. The second kappa shape index (κ2) is 7.27. The van der Waals surface area contributed by atoms with Gasteiger partial charge in [0.1, 0.15) is 0 Å². The van der Waals surface area contributed by atoms with Crippen molar-refractivity contribution in [2.45, 2.75) is 46.3 Å². The second-order valence-corrected chi connectivity index (χ2v) is 8.34. The molecule has 4 N–H and O–H groups in total. The van der Waals surface area contributed by atoms with Crippen molar-refractivity contribution in [3.05, 3.63) is 0 Å². The first-order valence-corrected chi connectivity index (χ1v) is 8.27. The zero-order chi connectivity index (χ0) is 14.5. The van der Waals surface area contributed by atoms with Gasteiger partial charge in [0.15, 0.2) is 0 Å². The molecule has 0 aliphatic heterocycles. The summed E-state index contributed by atoms with van der Waals surface area (Å²) in [6, 6.07) is 0. The molecule has 5 nitrogen and oxygen atoms in total. The first-order chi connectivity index (χ1) is 8.06. The lowest BCUT2D eigenvalue weighted by atomic mass is 9.99. The number of rotatable bonds is 8. The maximum absolute atomic E-state index is 12.1. The Hall–Kier alpha value is -0.380. The van der Waals surface area contributed by atoms with Crippen molar-refractivity contribution < 1.29 is 19.4 Å². The molecular weight excluding hydrogens is 253 g/mol. The van der Waals surface area contributed by atoms with Gasteiger partial charge in [-0.05, 0) is 24.7 Å². The normalized spacial score (nSPS) is 18.7. The topological polar surface area (TPSA) is 101 Å². The van der Waals surface area contributed by atoms with Crippen LogP contribution in [0.25, 0.3) is 0 Å². The van der Waals surface area contributed by atoms with Gasteiger partial charge in [-0.15, -0.1) is 0 Å². The molecular formula is C12H26NO4P. The third kappa shape index (κ3) is 6.53. The van der Waals surface area contributed by atoms with Crippen LogP contribution >= 0.6 is 7.37 Å². The van der Waals surface area contributed by atoms with Gasteiger partial charge in [0, 0.05) is 6.16 Å². The lowest BCUT2D eigenvalue weighted by molar-refractivity contribution is -0.141. The number of nitrogens with two attached hydrogens (primary N) is 1. The lowest BCUT2D eigenvalue weighted by Crippen LogP contribution is -2.28. The van der Waals surface area contributed by atoms with Gasteiger partial charge < -0.3 is 15.7 Å². The first kappa shape index (κ1) is 17.6. The molecule has 0 spiro atoms. The van der Waals surface area contributed by atoms with Crippen molar-refractivity contribution in [1.29, 1.82) is 0 Å². The van der Waals surface area contributed by atoms with Crippen LogP contribution in [0.3, 0.4) is 0 Å². The molecule has 0 aliphatic carbocycles.